The molecule has 2 aromatic carbocycles. The molecule has 3 N–H and O–H groups in total. The van der Waals surface area contributed by atoms with Crippen molar-refractivity contribution in [1.82, 2.24) is 10.6 Å². The predicted molar refractivity (Wildman–Crippen MR) is 124 cm³/mol. The first-order valence-corrected chi connectivity index (χ1v) is 11.2. The molecule has 33 heavy (non-hydrogen) atoms. The Bertz CT molecular complexity index is 1060. The van der Waals surface area contributed by atoms with Crippen LogP contribution in [0, 0.1) is 0 Å². The normalized spacial score (nSPS) is 16.2. The van der Waals surface area contributed by atoms with Gasteiger partial charge in [0.05, 0.1) is 12.0 Å². The number of carboxylic acids is 1. The largest absolute Gasteiger partial charge is 0.481 e. The molecule has 2 aliphatic carbocycles. The van der Waals surface area contributed by atoms with Gasteiger partial charge in [0, 0.05) is 18.0 Å². The van der Waals surface area contributed by atoms with Crippen molar-refractivity contribution in [2.75, 3.05) is 13.2 Å². The number of benzene rings is 2. The van der Waals surface area contributed by atoms with Gasteiger partial charge in [0.1, 0.15) is 6.61 Å². The molecule has 172 valence electrons. The monoisotopic (exact) mass is 448 g/mol. The van der Waals surface area contributed by atoms with Crippen LogP contribution in [0.2, 0.25) is 0 Å². The molecule has 0 radical (unpaired) electrons. The zero-order valence-electron chi connectivity index (χ0n) is 18.6. The average Bonchev–Trinajstić information content (AvgIpc) is 3.09. The Morgan fingerprint density at radius 1 is 1.06 bits per heavy atom. The van der Waals surface area contributed by atoms with Gasteiger partial charge in [-0.05, 0) is 48.4 Å². The molecule has 2 aromatic rings. The Hall–Kier alpha value is -3.61. The van der Waals surface area contributed by atoms with Gasteiger partial charge in [-0.15, -0.1) is 0 Å². The number of amides is 2. The molecule has 0 bridgehead atoms. The van der Waals surface area contributed by atoms with Gasteiger partial charge < -0.3 is 20.5 Å². The highest BCUT2D eigenvalue weighted by molar-refractivity contribution is 5.93. The number of fused-ring (bicyclic) bond motifs is 3. The van der Waals surface area contributed by atoms with Crippen LogP contribution in [0.15, 0.2) is 60.2 Å². The Labute approximate surface area is 192 Å². The molecule has 7 heteroatoms. The van der Waals surface area contributed by atoms with Crippen LogP contribution < -0.4 is 10.6 Å². The lowest BCUT2D eigenvalue weighted by Gasteiger charge is -2.41. The van der Waals surface area contributed by atoms with Crippen molar-refractivity contribution in [3.8, 4) is 11.1 Å². The summed E-state index contributed by atoms with van der Waals surface area (Å²) in [7, 11) is 0. The van der Waals surface area contributed by atoms with E-state index in [1.807, 2.05) is 24.3 Å². The van der Waals surface area contributed by atoms with Crippen molar-refractivity contribution in [1.29, 1.82) is 0 Å². The third kappa shape index (κ3) is 4.92. The second-order valence-corrected chi connectivity index (χ2v) is 8.75. The zero-order valence-corrected chi connectivity index (χ0v) is 18.6. The number of nitrogens with one attached hydrogen (secondary N) is 2. The standard InChI is InChI=1S/C26H28N2O5/c1-17(24(31)28-26(12-6-13-26)15-23(29)30)11-14-27-25(32)33-16-22-20-9-4-2-7-18(20)19-8-3-5-10-21(19)22/h2-5,7-11,22H,6,12-16H2,1H3,(H,27,32)(H,28,31)(H,29,30)/b17-11+. The molecule has 0 heterocycles. The van der Waals surface area contributed by atoms with Crippen LogP contribution in [-0.2, 0) is 14.3 Å². The fourth-order valence-electron chi connectivity index (χ4n) is 4.61. The van der Waals surface area contributed by atoms with Gasteiger partial charge >= 0.3 is 12.1 Å². The van der Waals surface area contributed by atoms with Gasteiger partial charge in [-0.1, -0.05) is 54.6 Å². The van der Waals surface area contributed by atoms with E-state index in [1.54, 1.807) is 13.0 Å². The maximum absolute atomic E-state index is 12.4. The molecule has 2 aliphatic rings. The maximum Gasteiger partial charge on any atom is 0.407 e. The third-order valence-corrected chi connectivity index (χ3v) is 6.54. The van der Waals surface area contributed by atoms with Gasteiger partial charge in [0.25, 0.3) is 0 Å². The summed E-state index contributed by atoms with van der Waals surface area (Å²) >= 11 is 0. The molecular formula is C26H28N2O5. The van der Waals surface area contributed by atoms with Crippen LogP contribution in [0.5, 0.6) is 0 Å². The number of carboxylic acid groups (broad SMARTS) is 1. The van der Waals surface area contributed by atoms with Crippen molar-refractivity contribution in [2.45, 2.75) is 44.1 Å². The van der Waals surface area contributed by atoms with Gasteiger partial charge in [0.2, 0.25) is 5.91 Å². The lowest BCUT2D eigenvalue weighted by molar-refractivity contribution is -0.140. The molecule has 0 aliphatic heterocycles. The van der Waals surface area contributed by atoms with Crippen LogP contribution >= 0.6 is 0 Å². The van der Waals surface area contributed by atoms with E-state index in [0.29, 0.717) is 18.4 Å². The lowest BCUT2D eigenvalue weighted by atomic mass is 9.74. The Morgan fingerprint density at radius 3 is 2.21 bits per heavy atom. The first-order chi connectivity index (χ1) is 15.9. The number of carbonyl (C=O) groups is 3. The summed E-state index contributed by atoms with van der Waals surface area (Å²) in [4.78, 5) is 35.7. The molecule has 1 saturated carbocycles. The highest BCUT2D eigenvalue weighted by Gasteiger charge is 2.40. The first kappa shape index (κ1) is 22.6. The molecule has 0 aromatic heterocycles. The van der Waals surface area contributed by atoms with Crippen LogP contribution in [0.1, 0.15) is 49.7 Å². The molecule has 4 rings (SSSR count). The van der Waals surface area contributed by atoms with E-state index in [4.69, 9.17) is 9.84 Å². The highest BCUT2D eigenvalue weighted by atomic mass is 16.5. The fraction of sp³-hybridized carbons (Fsp3) is 0.346. The van der Waals surface area contributed by atoms with Gasteiger partial charge in [-0.2, -0.15) is 0 Å². The van der Waals surface area contributed by atoms with Crippen LogP contribution in [-0.4, -0.2) is 41.8 Å². The van der Waals surface area contributed by atoms with E-state index < -0.39 is 17.6 Å². The number of alkyl carbamates (subject to hydrolysis) is 1. The Kier molecular flexibility index (Phi) is 6.49. The molecule has 1 fully saturated rings. The number of hydrogen-bond acceptors (Lipinski definition) is 4. The van der Waals surface area contributed by atoms with E-state index in [9.17, 15) is 14.4 Å². The van der Waals surface area contributed by atoms with E-state index in [-0.39, 0.29) is 31.4 Å². The predicted octanol–water partition coefficient (Wildman–Crippen LogP) is 3.99. The Balaban J connectivity index is 1.28. The average molecular weight is 449 g/mol. The second-order valence-electron chi connectivity index (χ2n) is 8.75. The zero-order chi connectivity index (χ0) is 23.4. The minimum Gasteiger partial charge on any atom is -0.481 e. The van der Waals surface area contributed by atoms with Crippen molar-refractivity contribution in [2.24, 2.45) is 0 Å². The molecule has 0 saturated heterocycles. The fourth-order valence-corrected chi connectivity index (χ4v) is 4.61. The number of rotatable bonds is 8. The molecule has 0 atom stereocenters. The molecular weight excluding hydrogens is 420 g/mol. The van der Waals surface area contributed by atoms with Gasteiger partial charge in [-0.25, -0.2) is 4.79 Å². The molecule has 2 amide bonds. The summed E-state index contributed by atoms with van der Waals surface area (Å²) in [6.45, 7) is 2.00. The SMILES string of the molecule is C/C(=C\CNC(=O)OCC1c2ccccc2-c2ccccc21)C(=O)NC1(CC(=O)O)CCC1. The molecule has 7 nitrogen and oxygen atoms in total. The van der Waals surface area contributed by atoms with Crippen LogP contribution in [0.4, 0.5) is 4.79 Å². The minimum atomic E-state index is -0.923. The minimum absolute atomic E-state index is 0.0147. The summed E-state index contributed by atoms with van der Waals surface area (Å²) in [6.07, 6.45) is 3.20. The van der Waals surface area contributed by atoms with Crippen LogP contribution in [0.3, 0.4) is 0 Å². The van der Waals surface area contributed by atoms with E-state index >= 15 is 0 Å². The van der Waals surface area contributed by atoms with Crippen molar-refractivity contribution < 1.29 is 24.2 Å². The van der Waals surface area contributed by atoms with Crippen molar-refractivity contribution in [3.63, 3.8) is 0 Å². The van der Waals surface area contributed by atoms with Gasteiger partial charge in [-0.3, -0.25) is 9.59 Å². The Morgan fingerprint density at radius 2 is 1.67 bits per heavy atom. The van der Waals surface area contributed by atoms with E-state index in [1.165, 1.54) is 11.1 Å². The lowest BCUT2D eigenvalue weighted by Crippen LogP contribution is -2.54. The molecule has 0 spiro atoms. The topological polar surface area (TPSA) is 105 Å². The summed E-state index contributed by atoms with van der Waals surface area (Å²) in [5.41, 5.74) is 4.39. The van der Waals surface area contributed by atoms with Crippen molar-refractivity contribution >= 4 is 18.0 Å². The summed E-state index contributed by atoms with van der Waals surface area (Å²) in [6, 6.07) is 16.3. The highest BCUT2D eigenvalue weighted by Crippen LogP contribution is 2.44. The summed E-state index contributed by atoms with van der Waals surface area (Å²) in [5.74, 6) is -1.25. The summed E-state index contributed by atoms with van der Waals surface area (Å²) < 4.78 is 5.49. The first-order valence-electron chi connectivity index (χ1n) is 11.2. The second kappa shape index (κ2) is 9.48. The van der Waals surface area contributed by atoms with E-state index in [0.717, 1.165) is 17.5 Å². The smallest absolute Gasteiger partial charge is 0.407 e. The maximum atomic E-state index is 12.4. The van der Waals surface area contributed by atoms with Gasteiger partial charge in [0.15, 0.2) is 0 Å². The number of carbonyl (C=O) groups excluding carboxylic acids is 2. The summed E-state index contributed by atoms with van der Waals surface area (Å²) in [5, 5.41) is 14.6. The quantitative estimate of drug-likeness (QED) is 0.530. The molecule has 0 unspecified atom stereocenters. The third-order valence-electron chi connectivity index (χ3n) is 6.54. The van der Waals surface area contributed by atoms with Crippen LogP contribution in [0.25, 0.3) is 11.1 Å². The number of aliphatic carboxylic acids is 1. The number of hydrogen-bond donors (Lipinski definition) is 3. The van der Waals surface area contributed by atoms with Crippen molar-refractivity contribution in [3.05, 3.63) is 71.3 Å². The van der Waals surface area contributed by atoms with E-state index in [2.05, 4.69) is 34.9 Å². The number of ether oxygens (including phenoxy) is 1.